The zero-order valence-electron chi connectivity index (χ0n) is 19.9. The largest absolute Gasteiger partial charge is 0.492 e. The van der Waals surface area contributed by atoms with E-state index in [1.807, 2.05) is 11.9 Å². The van der Waals surface area contributed by atoms with Crippen molar-refractivity contribution in [3.8, 4) is 5.75 Å². The molecular formula is C25H30FN5O4. The fourth-order valence-electron chi connectivity index (χ4n) is 4.97. The van der Waals surface area contributed by atoms with Gasteiger partial charge < -0.3 is 29.6 Å². The van der Waals surface area contributed by atoms with E-state index < -0.39 is 17.2 Å². The minimum Gasteiger partial charge on any atom is -0.492 e. The molecule has 5 rings (SSSR count). The lowest BCUT2D eigenvalue weighted by molar-refractivity contribution is 0.0694. The first-order valence-corrected chi connectivity index (χ1v) is 11.9. The number of aromatic nitrogens is 2. The third-order valence-corrected chi connectivity index (χ3v) is 6.83. The molecule has 0 atom stereocenters. The number of rotatable bonds is 8. The lowest BCUT2D eigenvalue weighted by atomic mass is 10.1. The van der Waals surface area contributed by atoms with E-state index in [-0.39, 0.29) is 22.7 Å². The summed E-state index contributed by atoms with van der Waals surface area (Å²) in [6.07, 6.45) is 3.13. The molecule has 35 heavy (non-hydrogen) atoms. The number of halogens is 1. The number of hydrogen-bond donors (Lipinski definition) is 3. The van der Waals surface area contributed by atoms with Gasteiger partial charge in [-0.05, 0) is 38.1 Å². The van der Waals surface area contributed by atoms with Crippen molar-refractivity contribution in [3.63, 3.8) is 0 Å². The van der Waals surface area contributed by atoms with Gasteiger partial charge >= 0.3 is 5.97 Å². The van der Waals surface area contributed by atoms with Crippen LogP contribution in [0.3, 0.4) is 0 Å². The first kappa shape index (κ1) is 23.4. The summed E-state index contributed by atoms with van der Waals surface area (Å²) < 4.78 is 23.0. The van der Waals surface area contributed by atoms with Crippen LogP contribution in [0.1, 0.15) is 40.6 Å². The van der Waals surface area contributed by atoms with Gasteiger partial charge in [0.1, 0.15) is 11.3 Å². The topological polar surface area (TPSA) is 103 Å². The second-order valence-corrected chi connectivity index (χ2v) is 9.25. The van der Waals surface area contributed by atoms with Gasteiger partial charge in [0.05, 0.1) is 18.0 Å². The van der Waals surface area contributed by atoms with Gasteiger partial charge in [-0.3, -0.25) is 9.69 Å². The van der Waals surface area contributed by atoms with E-state index in [1.165, 1.54) is 19.4 Å². The molecule has 3 heterocycles. The number of carbonyl (C=O) groups is 1. The maximum Gasteiger partial charge on any atom is 0.341 e. The van der Waals surface area contributed by atoms with Crippen LogP contribution in [-0.2, 0) is 13.1 Å². The SMILES string of the molecule is CNCc1ccc(CN2CCN(c3c(F)cc4c(=O)c(C(=O)O)cn(C5CC5)c4c3OC)CC2)[nH]1. The molecule has 2 aromatic heterocycles. The minimum atomic E-state index is -1.31. The Kier molecular flexibility index (Phi) is 6.24. The second-order valence-electron chi connectivity index (χ2n) is 9.25. The van der Waals surface area contributed by atoms with Crippen molar-refractivity contribution in [2.45, 2.75) is 32.0 Å². The molecule has 9 nitrogen and oxygen atoms in total. The highest BCUT2D eigenvalue weighted by atomic mass is 19.1. The van der Waals surface area contributed by atoms with E-state index in [1.54, 1.807) is 4.57 Å². The zero-order chi connectivity index (χ0) is 24.7. The Morgan fingerprint density at radius 2 is 1.94 bits per heavy atom. The molecule has 1 aromatic carbocycles. The molecule has 0 unspecified atom stereocenters. The van der Waals surface area contributed by atoms with Gasteiger partial charge in [0, 0.05) is 62.9 Å². The highest BCUT2D eigenvalue weighted by Crippen LogP contribution is 2.43. The molecule has 1 saturated heterocycles. The number of methoxy groups -OCH3 is 1. The van der Waals surface area contributed by atoms with Crippen molar-refractivity contribution in [1.82, 2.24) is 19.8 Å². The fraction of sp³-hybridized carbons (Fsp3) is 0.440. The van der Waals surface area contributed by atoms with Crippen molar-refractivity contribution < 1.29 is 19.0 Å². The second kappa shape index (κ2) is 9.35. The van der Waals surface area contributed by atoms with Gasteiger partial charge in [0.25, 0.3) is 0 Å². The molecule has 3 aromatic rings. The van der Waals surface area contributed by atoms with E-state index >= 15 is 4.39 Å². The Morgan fingerprint density at radius 3 is 2.57 bits per heavy atom. The summed E-state index contributed by atoms with van der Waals surface area (Å²) in [4.78, 5) is 32.2. The van der Waals surface area contributed by atoms with Crippen LogP contribution in [0.25, 0.3) is 10.9 Å². The molecule has 0 bridgehead atoms. The van der Waals surface area contributed by atoms with E-state index in [2.05, 4.69) is 27.3 Å². The van der Waals surface area contributed by atoms with Crippen molar-refractivity contribution in [3.05, 3.63) is 57.4 Å². The lowest BCUT2D eigenvalue weighted by Crippen LogP contribution is -2.46. The summed E-state index contributed by atoms with van der Waals surface area (Å²) >= 11 is 0. The van der Waals surface area contributed by atoms with Crippen LogP contribution in [-0.4, -0.2) is 65.9 Å². The number of hydrogen-bond acceptors (Lipinski definition) is 6. The summed E-state index contributed by atoms with van der Waals surface area (Å²) in [5.41, 5.74) is 2.02. The predicted molar refractivity (Wildman–Crippen MR) is 131 cm³/mol. The van der Waals surface area contributed by atoms with E-state index in [0.717, 1.165) is 50.4 Å². The summed E-state index contributed by atoms with van der Waals surface area (Å²) in [6.45, 7) is 4.26. The van der Waals surface area contributed by atoms with Crippen LogP contribution < -0.4 is 20.4 Å². The summed E-state index contributed by atoms with van der Waals surface area (Å²) in [5.74, 6) is -1.60. The van der Waals surface area contributed by atoms with Crippen molar-refractivity contribution in [1.29, 1.82) is 0 Å². The lowest BCUT2D eigenvalue weighted by Gasteiger charge is -2.37. The number of aromatic amines is 1. The maximum atomic E-state index is 15.5. The number of benzene rings is 1. The number of nitrogens with one attached hydrogen (secondary N) is 2. The average Bonchev–Trinajstić information content (AvgIpc) is 3.59. The number of H-pyrrole nitrogens is 1. The molecule has 0 spiro atoms. The van der Waals surface area contributed by atoms with Gasteiger partial charge in [-0.15, -0.1) is 0 Å². The first-order chi connectivity index (χ1) is 16.9. The number of carboxylic acid groups (broad SMARTS) is 1. The van der Waals surface area contributed by atoms with Gasteiger partial charge in [-0.2, -0.15) is 0 Å². The highest BCUT2D eigenvalue weighted by molar-refractivity contribution is 5.97. The minimum absolute atomic E-state index is 0.0395. The van der Waals surface area contributed by atoms with Crippen molar-refractivity contribution in [2.24, 2.45) is 0 Å². The number of fused-ring (bicyclic) bond motifs is 1. The monoisotopic (exact) mass is 483 g/mol. The number of piperazine rings is 1. The van der Waals surface area contributed by atoms with Crippen LogP contribution in [0.2, 0.25) is 0 Å². The van der Waals surface area contributed by atoms with Gasteiger partial charge in [-0.25, -0.2) is 9.18 Å². The zero-order valence-corrected chi connectivity index (χ0v) is 19.9. The molecule has 2 aliphatic rings. The summed E-state index contributed by atoms with van der Waals surface area (Å²) in [6, 6.07) is 5.42. The third-order valence-electron chi connectivity index (χ3n) is 6.83. The molecule has 1 aliphatic carbocycles. The number of ether oxygens (including phenoxy) is 1. The third kappa shape index (κ3) is 4.39. The van der Waals surface area contributed by atoms with Crippen LogP contribution in [0.5, 0.6) is 5.75 Å². The van der Waals surface area contributed by atoms with Gasteiger partial charge in [0.15, 0.2) is 11.6 Å². The van der Waals surface area contributed by atoms with Crippen LogP contribution in [0.4, 0.5) is 10.1 Å². The van der Waals surface area contributed by atoms with Gasteiger partial charge in [0.2, 0.25) is 5.43 Å². The predicted octanol–water partition coefficient (Wildman–Crippen LogP) is 2.55. The first-order valence-electron chi connectivity index (χ1n) is 11.9. The Labute approximate surface area is 202 Å². The normalized spacial score (nSPS) is 16.7. The fourth-order valence-corrected chi connectivity index (χ4v) is 4.97. The number of anilines is 1. The quantitative estimate of drug-likeness (QED) is 0.453. The number of pyridine rings is 1. The van der Waals surface area contributed by atoms with E-state index in [9.17, 15) is 14.7 Å². The van der Waals surface area contributed by atoms with E-state index in [4.69, 9.17) is 4.74 Å². The molecule has 2 fully saturated rings. The van der Waals surface area contributed by atoms with Crippen LogP contribution in [0, 0.1) is 5.82 Å². The Balaban J connectivity index is 1.45. The molecule has 1 aliphatic heterocycles. The van der Waals surface area contributed by atoms with Crippen molar-refractivity contribution >= 4 is 22.6 Å². The Morgan fingerprint density at radius 1 is 1.23 bits per heavy atom. The molecular weight excluding hydrogens is 453 g/mol. The van der Waals surface area contributed by atoms with Crippen LogP contribution >= 0.6 is 0 Å². The van der Waals surface area contributed by atoms with E-state index in [0.29, 0.717) is 24.3 Å². The molecule has 0 radical (unpaired) electrons. The maximum absolute atomic E-state index is 15.5. The summed E-state index contributed by atoms with van der Waals surface area (Å²) in [7, 11) is 3.38. The van der Waals surface area contributed by atoms with Crippen molar-refractivity contribution in [2.75, 3.05) is 45.2 Å². The number of nitrogens with zero attached hydrogens (tertiary/aromatic N) is 3. The van der Waals surface area contributed by atoms with Crippen LogP contribution in [0.15, 0.2) is 29.2 Å². The van der Waals surface area contributed by atoms with Gasteiger partial charge in [-0.1, -0.05) is 0 Å². The Bertz CT molecular complexity index is 1320. The Hall–Kier alpha value is -3.37. The highest BCUT2D eigenvalue weighted by Gasteiger charge is 2.32. The molecule has 3 N–H and O–H groups in total. The standard InChI is InChI=1S/C25H30FN5O4/c1-27-12-15-3-4-16(28-15)13-29-7-9-30(10-8-29)22-20(26)11-18-21(24(22)35-2)31(17-5-6-17)14-19(23(18)32)25(33)34/h3-4,11,14,17,27-28H,5-10,12-13H2,1-2H3,(H,33,34). The smallest absolute Gasteiger partial charge is 0.341 e. The molecule has 0 amide bonds. The number of carboxylic acids is 1. The molecule has 10 heteroatoms. The molecule has 186 valence electrons. The number of aromatic carboxylic acids is 1. The molecule has 1 saturated carbocycles. The average molecular weight is 484 g/mol. The summed E-state index contributed by atoms with van der Waals surface area (Å²) in [5, 5.41) is 12.7.